The Balaban J connectivity index is 2.63. The molecule has 0 saturated carbocycles. The first-order chi connectivity index (χ1) is 9.12. The minimum absolute atomic E-state index is 0.491. The molecule has 19 heavy (non-hydrogen) atoms. The van der Waals surface area contributed by atoms with Crippen molar-refractivity contribution in [3.63, 3.8) is 0 Å². The van der Waals surface area contributed by atoms with Gasteiger partial charge in [-0.25, -0.2) is 4.98 Å². The van der Waals surface area contributed by atoms with Crippen molar-refractivity contribution >= 4 is 0 Å². The smallest absolute Gasteiger partial charge is 0.143 e. The summed E-state index contributed by atoms with van der Waals surface area (Å²) in [4.78, 5) is 4.64. The highest BCUT2D eigenvalue weighted by atomic mass is 16.5. The third kappa shape index (κ3) is 2.36. The van der Waals surface area contributed by atoms with Crippen molar-refractivity contribution in [3.05, 3.63) is 35.2 Å². The predicted octanol–water partition coefficient (Wildman–Crippen LogP) is 2.43. The van der Waals surface area contributed by atoms with Gasteiger partial charge in [0.2, 0.25) is 0 Å². The second kappa shape index (κ2) is 5.45. The van der Waals surface area contributed by atoms with Gasteiger partial charge in [-0.05, 0) is 31.0 Å². The third-order valence-corrected chi connectivity index (χ3v) is 3.52. The molecule has 0 radical (unpaired) electrons. The van der Waals surface area contributed by atoms with Gasteiger partial charge in [-0.3, -0.25) is 0 Å². The lowest BCUT2D eigenvalue weighted by atomic mass is 10.1. The molecule has 0 aliphatic carbocycles. The lowest BCUT2D eigenvalue weighted by molar-refractivity contribution is 0.416. The highest BCUT2D eigenvalue weighted by Crippen LogP contribution is 2.31. The average molecular weight is 259 g/mol. The van der Waals surface area contributed by atoms with Crippen LogP contribution in [0.3, 0.4) is 0 Å². The van der Waals surface area contributed by atoms with E-state index in [0.29, 0.717) is 6.54 Å². The Morgan fingerprint density at radius 2 is 2.11 bits per heavy atom. The summed E-state index contributed by atoms with van der Waals surface area (Å²) in [5, 5.41) is 0. The summed E-state index contributed by atoms with van der Waals surface area (Å²) in [6, 6.07) is 6.23. The minimum Gasteiger partial charge on any atom is -0.496 e. The van der Waals surface area contributed by atoms with Crippen LogP contribution in [0.2, 0.25) is 0 Å². The Morgan fingerprint density at radius 1 is 1.37 bits per heavy atom. The Bertz CT molecular complexity index is 587. The van der Waals surface area contributed by atoms with Crippen LogP contribution in [0.5, 0.6) is 5.75 Å². The van der Waals surface area contributed by atoms with Gasteiger partial charge in [0.05, 0.1) is 24.1 Å². The molecule has 4 heteroatoms. The van der Waals surface area contributed by atoms with E-state index in [2.05, 4.69) is 24.0 Å². The van der Waals surface area contributed by atoms with E-state index in [9.17, 15) is 0 Å². The van der Waals surface area contributed by atoms with Crippen molar-refractivity contribution in [2.24, 2.45) is 12.8 Å². The van der Waals surface area contributed by atoms with Crippen LogP contribution in [-0.4, -0.2) is 16.7 Å². The molecule has 102 valence electrons. The summed E-state index contributed by atoms with van der Waals surface area (Å²) >= 11 is 0. The molecule has 1 heterocycles. The van der Waals surface area contributed by atoms with E-state index >= 15 is 0 Å². The van der Waals surface area contributed by atoms with Crippen molar-refractivity contribution in [2.75, 3.05) is 7.11 Å². The quantitative estimate of drug-likeness (QED) is 0.917. The molecule has 2 N–H and O–H groups in total. The molecule has 0 amide bonds. The first kappa shape index (κ1) is 13.6. The Kier molecular flexibility index (Phi) is 3.90. The molecule has 2 aromatic rings. The van der Waals surface area contributed by atoms with E-state index in [1.807, 2.05) is 24.6 Å². The van der Waals surface area contributed by atoms with E-state index < -0.39 is 0 Å². The van der Waals surface area contributed by atoms with Gasteiger partial charge in [0.15, 0.2) is 0 Å². The molecule has 0 atom stereocenters. The molecule has 0 aliphatic rings. The summed E-state index contributed by atoms with van der Waals surface area (Å²) in [6.07, 6.45) is 0.990. The zero-order valence-corrected chi connectivity index (χ0v) is 12.0. The largest absolute Gasteiger partial charge is 0.496 e. The van der Waals surface area contributed by atoms with Gasteiger partial charge in [0.25, 0.3) is 0 Å². The molecule has 0 aliphatic heterocycles. The molecule has 0 fully saturated rings. The number of hydrogen-bond donors (Lipinski definition) is 1. The number of aryl methyl sites for hydroxylation is 2. The van der Waals surface area contributed by atoms with Crippen LogP contribution in [-0.2, 0) is 20.0 Å². The SMILES string of the molecule is CCc1ccc(OC)c(-c2nc(C)c(CN)n2C)c1. The summed E-state index contributed by atoms with van der Waals surface area (Å²) in [6.45, 7) is 4.62. The topological polar surface area (TPSA) is 53.1 Å². The minimum atomic E-state index is 0.491. The zero-order chi connectivity index (χ0) is 14.0. The maximum atomic E-state index is 5.78. The number of imidazole rings is 1. The molecule has 1 aromatic carbocycles. The fourth-order valence-electron chi connectivity index (χ4n) is 2.34. The molecule has 0 saturated heterocycles. The molecule has 1 aromatic heterocycles. The van der Waals surface area contributed by atoms with E-state index in [-0.39, 0.29) is 0 Å². The van der Waals surface area contributed by atoms with Crippen LogP contribution in [0.1, 0.15) is 23.9 Å². The fraction of sp³-hybridized carbons (Fsp3) is 0.400. The Hall–Kier alpha value is -1.81. The van der Waals surface area contributed by atoms with Gasteiger partial charge >= 0.3 is 0 Å². The van der Waals surface area contributed by atoms with Gasteiger partial charge in [-0.2, -0.15) is 0 Å². The Morgan fingerprint density at radius 3 is 2.63 bits per heavy atom. The van der Waals surface area contributed by atoms with Gasteiger partial charge in [-0.15, -0.1) is 0 Å². The van der Waals surface area contributed by atoms with E-state index in [0.717, 1.165) is 34.9 Å². The van der Waals surface area contributed by atoms with Crippen LogP contribution >= 0.6 is 0 Å². The number of rotatable bonds is 4. The number of methoxy groups -OCH3 is 1. The van der Waals surface area contributed by atoms with Crippen LogP contribution in [0.4, 0.5) is 0 Å². The lowest BCUT2D eigenvalue weighted by Gasteiger charge is -2.11. The number of benzene rings is 1. The molecular weight excluding hydrogens is 238 g/mol. The van der Waals surface area contributed by atoms with Gasteiger partial charge in [0, 0.05) is 13.6 Å². The van der Waals surface area contributed by atoms with E-state index in [1.165, 1.54) is 5.56 Å². The second-order valence-electron chi connectivity index (χ2n) is 4.62. The number of ether oxygens (including phenoxy) is 1. The number of aromatic nitrogens is 2. The van der Waals surface area contributed by atoms with Gasteiger partial charge < -0.3 is 15.0 Å². The summed E-state index contributed by atoms with van der Waals surface area (Å²) in [7, 11) is 3.68. The molecule has 0 bridgehead atoms. The summed E-state index contributed by atoms with van der Waals surface area (Å²) in [5.41, 5.74) is 10.1. The number of nitrogens with two attached hydrogens (primary N) is 1. The highest BCUT2D eigenvalue weighted by molar-refractivity contribution is 5.66. The highest BCUT2D eigenvalue weighted by Gasteiger charge is 2.15. The van der Waals surface area contributed by atoms with Crippen molar-refractivity contribution < 1.29 is 4.74 Å². The molecule has 0 spiro atoms. The molecule has 4 nitrogen and oxygen atoms in total. The van der Waals surface area contributed by atoms with Crippen LogP contribution in [0.25, 0.3) is 11.4 Å². The number of nitrogens with zero attached hydrogens (tertiary/aromatic N) is 2. The Labute approximate surface area is 114 Å². The van der Waals surface area contributed by atoms with Crippen molar-refractivity contribution in [1.29, 1.82) is 0 Å². The first-order valence-electron chi connectivity index (χ1n) is 6.51. The summed E-state index contributed by atoms with van der Waals surface area (Å²) < 4.78 is 7.50. The average Bonchev–Trinajstić information content (AvgIpc) is 2.72. The maximum absolute atomic E-state index is 5.78. The number of hydrogen-bond acceptors (Lipinski definition) is 3. The van der Waals surface area contributed by atoms with E-state index in [4.69, 9.17) is 10.5 Å². The van der Waals surface area contributed by atoms with Crippen LogP contribution in [0, 0.1) is 6.92 Å². The summed E-state index contributed by atoms with van der Waals surface area (Å²) in [5.74, 6) is 1.75. The van der Waals surface area contributed by atoms with Crippen molar-refractivity contribution in [3.8, 4) is 17.1 Å². The monoisotopic (exact) mass is 259 g/mol. The third-order valence-electron chi connectivity index (χ3n) is 3.52. The second-order valence-corrected chi connectivity index (χ2v) is 4.62. The maximum Gasteiger partial charge on any atom is 0.143 e. The normalized spacial score (nSPS) is 10.8. The van der Waals surface area contributed by atoms with E-state index in [1.54, 1.807) is 7.11 Å². The van der Waals surface area contributed by atoms with Crippen molar-refractivity contribution in [2.45, 2.75) is 26.8 Å². The zero-order valence-electron chi connectivity index (χ0n) is 12.0. The molecule has 2 rings (SSSR count). The lowest BCUT2D eigenvalue weighted by Crippen LogP contribution is -2.06. The molecular formula is C15H21N3O. The van der Waals surface area contributed by atoms with Crippen LogP contribution < -0.4 is 10.5 Å². The first-order valence-corrected chi connectivity index (χ1v) is 6.51. The van der Waals surface area contributed by atoms with Crippen molar-refractivity contribution in [1.82, 2.24) is 9.55 Å². The standard InChI is InChI=1S/C15H21N3O/c1-5-11-6-7-14(19-4)12(8-11)15-17-10(2)13(9-16)18(15)3/h6-8H,5,9,16H2,1-4H3. The fourth-order valence-corrected chi connectivity index (χ4v) is 2.34. The van der Waals surface area contributed by atoms with Crippen LogP contribution in [0.15, 0.2) is 18.2 Å². The predicted molar refractivity (Wildman–Crippen MR) is 77.2 cm³/mol. The molecule has 0 unspecified atom stereocenters. The van der Waals surface area contributed by atoms with Gasteiger partial charge in [0.1, 0.15) is 11.6 Å². The van der Waals surface area contributed by atoms with Gasteiger partial charge in [-0.1, -0.05) is 13.0 Å².